The fourth-order valence-corrected chi connectivity index (χ4v) is 3.88. The van der Waals surface area contributed by atoms with Crippen LogP contribution in [-0.2, 0) is 24.1 Å². The monoisotopic (exact) mass is 465 g/mol. The molecule has 0 spiro atoms. The average Bonchev–Trinajstić information content (AvgIpc) is 3.44. The summed E-state index contributed by atoms with van der Waals surface area (Å²) in [6, 6.07) is 20.3. The van der Waals surface area contributed by atoms with Gasteiger partial charge in [-0.25, -0.2) is 4.68 Å². The Kier molecular flexibility index (Phi) is 5.69. The van der Waals surface area contributed by atoms with Crippen LogP contribution in [0.2, 0.25) is 0 Å². The van der Waals surface area contributed by atoms with Gasteiger partial charge in [0.25, 0.3) is 0 Å². The lowest BCUT2D eigenvalue weighted by atomic mass is 10.1. The second-order valence-electron chi connectivity index (χ2n) is 8.31. The molecule has 1 aliphatic rings. The molecule has 2 aromatic heterocycles. The summed E-state index contributed by atoms with van der Waals surface area (Å²) in [6.07, 6.45) is -1.07. The third-order valence-electron chi connectivity index (χ3n) is 5.72. The van der Waals surface area contributed by atoms with Gasteiger partial charge in [0.1, 0.15) is 6.54 Å². The topological polar surface area (TPSA) is 64.7 Å². The van der Waals surface area contributed by atoms with Crippen molar-refractivity contribution >= 4 is 5.91 Å². The highest BCUT2D eigenvalue weighted by Gasteiger charge is 2.38. The van der Waals surface area contributed by atoms with Gasteiger partial charge < -0.3 is 5.32 Å². The molecule has 34 heavy (non-hydrogen) atoms. The van der Waals surface area contributed by atoms with Crippen molar-refractivity contribution in [3.8, 4) is 16.9 Å². The van der Waals surface area contributed by atoms with Gasteiger partial charge in [0.15, 0.2) is 5.69 Å². The molecule has 2 heterocycles. The Hall–Kier alpha value is -3.88. The summed E-state index contributed by atoms with van der Waals surface area (Å²) in [5.41, 5.74) is 2.80. The molecule has 9 heteroatoms. The van der Waals surface area contributed by atoms with Gasteiger partial charge in [0.2, 0.25) is 5.91 Å². The molecule has 6 nitrogen and oxygen atoms in total. The highest BCUT2D eigenvalue weighted by Crippen LogP contribution is 2.42. The number of carbonyl (C=O) groups is 1. The van der Waals surface area contributed by atoms with Crippen LogP contribution in [0.4, 0.5) is 13.2 Å². The van der Waals surface area contributed by atoms with Gasteiger partial charge in [-0.15, -0.1) is 0 Å². The summed E-state index contributed by atoms with van der Waals surface area (Å²) in [7, 11) is 0. The van der Waals surface area contributed by atoms with Gasteiger partial charge in [-0.05, 0) is 31.0 Å². The molecule has 0 unspecified atom stereocenters. The van der Waals surface area contributed by atoms with Crippen molar-refractivity contribution in [2.75, 3.05) is 0 Å². The Morgan fingerprint density at radius 1 is 1.00 bits per heavy atom. The maximum atomic E-state index is 13.1. The number of nitrogens with zero attached hydrogens (tertiary/aromatic N) is 4. The first kappa shape index (κ1) is 21.9. The molecule has 2 aromatic carbocycles. The number of carbonyl (C=O) groups excluding carboxylic acids is 1. The van der Waals surface area contributed by atoms with E-state index in [0.29, 0.717) is 5.69 Å². The van der Waals surface area contributed by atoms with Crippen LogP contribution in [0.3, 0.4) is 0 Å². The molecular formula is C25H22F3N5O. The van der Waals surface area contributed by atoms with Gasteiger partial charge in [0, 0.05) is 35.5 Å². The molecule has 174 valence electrons. The van der Waals surface area contributed by atoms with Gasteiger partial charge in [-0.3, -0.25) is 9.48 Å². The van der Waals surface area contributed by atoms with Crippen LogP contribution in [0.15, 0.2) is 72.9 Å². The van der Waals surface area contributed by atoms with E-state index in [1.165, 1.54) is 4.68 Å². The van der Waals surface area contributed by atoms with E-state index in [1.54, 1.807) is 4.68 Å². The molecule has 1 fully saturated rings. The number of halogens is 3. The number of alkyl halides is 3. The zero-order valence-electron chi connectivity index (χ0n) is 18.2. The summed E-state index contributed by atoms with van der Waals surface area (Å²) >= 11 is 0. The van der Waals surface area contributed by atoms with E-state index >= 15 is 0 Å². The molecule has 0 aliphatic heterocycles. The van der Waals surface area contributed by atoms with E-state index in [0.717, 1.165) is 41.4 Å². The average molecular weight is 465 g/mol. The minimum absolute atomic E-state index is 0.0326. The molecule has 0 radical (unpaired) electrons. The van der Waals surface area contributed by atoms with E-state index in [1.807, 2.05) is 66.9 Å². The van der Waals surface area contributed by atoms with Crippen LogP contribution in [0.25, 0.3) is 16.9 Å². The number of nitrogens with one attached hydrogen (secondary N) is 1. The molecular weight excluding hydrogens is 443 g/mol. The maximum absolute atomic E-state index is 13.1. The zero-order valence-corrected chi connectivity index (χ0v) is 18.2. The number of aromatic nitrogens is 4. The second-order valence-corrected chi connectivity index (χ2v) is 8.31. The standard InChI is InChI=1S/C25H22F3N5O/c26-25(27,28)22-13-21(17-11-12-17)33(30-22)16-23(34)29-14-19-15-32(20-9-5-2-6-10-20)31-24(19)18-7-3-1-4-8-18/h1-10,13,15,17H,11-12,14,16H2,(H,29,34). The highest BCUT2D eigenvalue weighted by atomic mass is 19.4. The summed E-state index contributed by atoms with van der Waals surface area (Å²) < 4.78 is 42.3. The Morgan fingerprint density at radius 3 is 2.32 bits per heavy atom. The van der Waals surface area contributed by atoms with E-state index in [9.17, 15) is 18.0 Å². The first-order chi connectivity index (χ1) is 16.4. The second kappa shape index (κ2) is 8.81. The molecule has 5 rings (SSSR count). The summed E-state index contributed by atoms with van der Waals surface area (Å²) in [5.74, 6) is -0.379. The molecule has 1 saturated carbocycles. The first-order valence-electron chi connectivity index (χ1n) is 11.0. The van der Waals surface area contributed by atoms with Crippen LogP contribution >= 0.6 is 0 Å². The quantitative estimate of drug-likeness (QED) is 0.420. The van der Waals surface area contributed by atoms with Gasteiger partial charge in [-0.2, -0.15) is 23.4 Å². The lowest BCUT2D eigenvalue weighted by molar-refractivity contribution is -0.141. The number of amides is 1. The van der Waals surface area contributed by atoms with Crippen molar-refractivity contribution < 1.29 is 18.0 Å². The minimum Gasteiger partial charge on any atom is -0.350 e. The lowest BCUT2D eigenvalue weighted by Crippen LogP contribution is -2.28. The van der Waals surface area contributed by atoms with E-state index < -0.39 is 17.8 Å². The Bertz CT molecular complexity index is 1290. The van der Waals surface area contributed by atoms with Crippen molar-refractivity contribution in [2.24, 2.45) is 0 Å². The number of rotatable bonds is 7. The number of benzene rings is 2. The number of para-hydroxylation sites is 1. The van der Waals surface area contributed by atoms with Crippen molar-refractivity contribution in [2.45, 2.75) is 38.0 Å². The van der Waals surface area contributed by atoms with Crippen LogP contribution in [-0.4, -0.2) is 25.5 Å². The molecule has 1 amide bonds. The van der Waals surface area contributed by atoms with E-state index in [-0.39, 0.29) is 19.0 Å². The highest BCUT2D eigenvalue weighted by molar-refractivity contribution is 5.76. The zero-order chi connectivity index (χ0) is 23.7. The predicted octanol–water partition coefficient (Wildman–Crippen LogP) is 4.95. The SMILES string of the molecule is O=C(Cn1nc(C(F)(F)F)cc1C1CC1)NCc1cn(-c2ccccc2)nc1-c1ccccc1. The van der Waals surface area contributed by atoms with E-state index in [2.05, 4.69) is 10.4 Å². The van der Waals surface area contributed by atoms with Crippen LogP contribution < -0.4 is 5.32 Å². The van der Waals surface area contributed by atoms with Crippen LogP contribution in [0.5, 0.6) is 0 Å². The third-order valence-corrected chi connectivity index (χ3v) is 5.72. The van der Waals surface area contributed by atoms with E-state index in [4.69, 9.17) is 5.10 Å². The summed E-state index contributed by atoms with van der Waals surface area (Å²) in [6.45, 7) is -0.0859. The largest absolute Gasteiger partial charge is 0.435 e. The molecule has 0 bridgehead atoms. The van der Waals surface area contributed by atoms with Crippen LogP contribution in [0.1, 0.15) is 35.7 Å². The normalized spacial score (nSPS) is 13.7. The lowest BCUT2D eigenvalue weighted by Gasteiger charge is -2.08. The van der Waals surface area contributed by atoms with Crippen molar-refractivity contribution in [3.05, 3.63) is 89.9 Å². The van der Waals surface area contributed by atoms with Crippen molar-refractivity contribution in [1.29, 1.82) is 0 Å². The van der Waals surface area contributed by atoms with Gasteiger partial charge in [0.05, 0.1) is 11.4 Å². The maximum Gasteiger partial charge on any atom is 0.435 e. The molecule has 0 atom stereocenters. The number of hydrogen-bond donors (Lipinski definition) is 1. The van der Waals surface area contributed by atoms with Gasteiger partial charge in [-0.1, -0.05) is 48.5 Å². The first-order valence-corrected chi connectivity index (χ1v) is 11.0. The smallest absolute Gasteiger partial charge is 0.350 e. The van der Waals surface area contributed by atoms with Crippen LogP contribution in [0, 0.1) is 0 Å². The molecule has 1 aliphatic carbocycles. The number of hydrogen-bond acceptors (Lipinski definition) is 3. The predicted molar refractivity (Wildman–Crippen MR) is 120 cm³/mol. The van der Waals surface area contributed by atoms with Crippen molar-refractivity contribution in [3.63, 3.8) is 0 Å². The molecule has 0 saturated heterocycles. The fraction of sp³-hybridized carbons (Fsp3) is 0.240. The Morgan fingerprint density at radius 2 is 1.68 bits per heavy atom. The Balaban J connectivity index is 1.35. The van der Waals surface area contributed by atoms with Gasteiger partial charge >= 0.3 is 6.18 Å². The summed E-state index contributed by atoms with van der Waals surface area (Å²) in [4.78, 5) is 12.7. The van der Waals surface area contributed by atoms with Crippen molar-refractivity contribution in [1.82, 2.24) is 24.9 Å². The fourth-order valence-electron chi connectivity index (χ4n) is 3.88. The molecule has 1 N–H and O–H groups in total. The minimum atomic E-state index is -4.54. The summed E-state index contributed by atoms with van der Waals surface area (Å²) in [5, 5.41) is 11.2. The Labute approximate surface area is 194 Å². The third kappa shape index (κ3) is 4.73. The molecule has 4 aromatic rings.